The SMILES string of the molecule is Cc1ccc(F)c(NC(C)c2cc(F)ccc2F)c1F. The molecule has 0 bridgehead atoms. The van der Waals surface area contributed by atoms with Crippen LogP contribution in [0.5, 0.6) is 0 Å². The summed E-state index contributed by atoms with van der Waals surface area (Å²) in [5.74, 6) is -2.77. The largest absolute Gasteiger partial charge is 0.374 e. The van der Waals surface area contributed by atoms with E-state index in [9.17, 15) is 17.6 Å². The lowest BCUT2D eigenvalue weighted by molar-refractivity contribution is 0.565. The Labute approximate surface area is 114 Å². The standard InChI is InChI=1S/C15H13F4N/c1-8-3-5-13(18)15(14(8)19)20-9(2)11-7-10(16)4-6-12(11)17/h3-7,9,20H,1-2H3. The molecule has 106 valence electrons. The summed E-state index contributed by atoms with van der Waals surface area (Å²) in [6, 6.07) is 4.61. The Kier molecular flexibility index (Phi) is 3.97. The van der Waals surface area contributed by atoms with Crippen molar-refractivity contribution in [2.75, 3.05) is 5.32 Å². The number of aryl methyl sites for hydroxylation is 1. The Balaban J connectivity index is 2.35. The molecule has 0 heterocycles. The average molecular weight is 283 g/mol. The number of rotatable bonds is 3. The molecule has 1 nitrogen and oxygen atoms in total. The summed E-state index contributed by atoms with van der Waals surface area (Å²) in [7, 11) is 0. The quantitative estimate of drug-likeness (QED) is 0.803. The maximum atomic E-state index is 13.8. The third-order valence-electron chi connectivity index (χ3n) is 3.07. The molecule has 2 aromatic carbocycles. The van der Waals surface area contributed by atoms with Crippen molar-refractivity contribution in [1.82, 2.24) is 0 Å². The molecule has 5 heteroatoms. The fraction of sp³-hybridized carbons (Fsp3) is 0.200. The first-order chi connectivity index (χ1) is 9.40. The lowest BCUT2D eigenvalue weighted by Crippen LogP contribution is -2.12. The van der Waals surface area contributed by atoms with Gasteiger partial charge in [0.05, 0.1) is 6.04 Å². The van der Waals surface area contributed by atoms with Crippen LogP contribution in [0.2, 0.25) is 0 Å². The summed E-state index contributed by atoms with van der Waals surface area (Å²) in [6.45, 7) is 2.99. The number of halogens is 4. The highest BCUT2D eigenvalue weighted by molar-refractivity contribution is 5.50. The highest BCUT2D eigenvalue weighted by Crippen LogP contribution is 2.27. The fourth-order valence-electron chi connectivity index (χ4n) is 1.93. The number of nitrogens with one attached hydrogen (secondary N) is 1. The van der Waals surface area contributed by atoms with Gasteiger partial charge in [-0.05, 0) is 43.7 Å². The average Bonchev–Trinajstić information content (AvgIpc) is 2.41. The van der Waals surface area contributed by atoms with E-state index >= 15 is 0 Å². The van der Waals surface area contributed by atoms with Crippen LogP contribution in [-0.2, 0) is 0 Å². The molecular formula is C15H13F4N. The molecular weight excluding hydrogens is 270 g/mol. The molecule has 0 aliphatic heterocycles. The molecule has 0 saturated carbocycles. The van der Waals surface area contributed by atoms with E-state index in [4.69, 9.17) is 0 Å². The molecule has 0 aliphatic carbocycles. The van der Waals surface area contributed by atoms with Gasteiger partial charge in [0.2, 0.25) is 0 Å². The second-order valence-corrected chi connectivity index (χ2v) is 4.59. The van der Waals surface area contributed by atoms with Gasteiger partial charge in [0.1, 0.15) is 23.1 Å². The third-order valence-corrected chi connectivity index (χ3v) is 3.07. The minimum atomic E-state index is -0.781. The molecule has 0 radical (unpaired) electrons. The van der Waals surface area contributed by atoms with Crippen molar-refractivity contribution in [2.45, 2.75) is 19.9 Å². The zero-order chi connectivity index (χ0) is 14.9. The summed E-state index contributed by atoms with van der Waals surface area (Å²) in [5, 5.41) is 2.55. The lowest BCUT2D eigenvalue weighted by atomic mass is 10.1. The van der Waals surface area contributed by atoms with Gasteiger partial charge in [-0.3, -0.25) is 0 Å². The molecule has 1 unspecified atom stereocenters. The highest BCUT2D eigenvalue weighted by Gasteiger charge is 2.17. The molecule has 0 aromatic heterocycles. The van der Waals surface area contributed by atoms with E-state index in [0.717, 1.165) is 24.3 Å². The third kappa shape index (κ3) is 2.76. The monoisotopic (exact) mass is 283 g/mol. The first-order valence-electron chi connectivity index (χ1n) is 6.06. The predicted molar refractivity (Wildman–Crippen MR) is 69.5 cm³/mol. The van der Waals surface area contributed by atoms with Crippen LogP contribution in [0.4, 0.5) is 23.2 Å². The molecule has 2 aromatic rings. The summed E-state index contributed by atoms with van der Waals surface area (Å²) in [4.78, 5) is 0. The van der Waals surface area contributed by atoms with Crippen LogP contribution in [0.15, 0.2) is 30.3 Å². The Morgan fingerprint density at radius 2 is 1.60 bits per heavy atom. The van der Waals surface area contributed by atoms with E-state index in [2.05, 4.69) is 5.32 Å². The van der Waals surface area contributed by atoms with Gasteiger partial charge in [-0.2, -0.15) is 0 Å². The fourth-order valence-corrected chi connectivity index (χ4v) is 1.93. The molecule has 0 aliphatic rings. The van der Waals surface area contributed by atoms with Crippen molar-refractivity contribution in [3.63, 3.8) is 0 Å². The zero-order valence-corrected chi connectivity index (χ0v) is 11.0. The molecule has 0 amide bonds. The van der Waals surface area contributed by atoms with Crippen LogP contribution >= 0.6 is 0 Å². The molecule has 0 spiro atoms. The summed E-state index contributed by atoms with van der Waals surface area (Å²) in [5.41, 5.74) is -0.0766. The van der Waals surface area contributed by atoms with Gasteiger partial charge in [-0.25, -0.2) is 17.6 Å². The van der Waals surface area contributed by atoms with Crippen molar-refractivity contribution >= 4 is 5.69 Å². The summed E-state index contributed by atoms with van der Waals surface area (Å²) in [6.07, 6.45) is 0. The van der Waals surface area contributed by atoms with E-state index in [1.165, 1.54) is 19.9 Å². The van der Waals surface area contributed by atoms with Crippen molar-refractivity contribution < 1.29 is 17.6 Å². The van der Waals surface area contributed by atoms with Gasteiger partial charge >= 0.3 is 0 Å². The molecule has 1 atom stereocenters. The van der Waals surface area contributed by atoms with E-state index in [1.54, 1.807) is 0 Å². The second kappa shape index (κ2) is 5.53. The smallest absolute Gasteiger partial charge is 0.152 e. The Morgan fingerprint density at radius 3 is 2.30 bits per heavy atom. The van der Waals surface area contributed by atoms with Crippen LogP contribution in [0.1, 0.15) is 24.1 Å². The van der Waals surface area contributed by atoms with Crippen LogP contribution in [0.25, 0.3) is 0 Å². The van der Waals surface area contributed by atoms with E-state index in [0.29, 0.717) is 0 Å². The first-order valence-corrected chi connectivity index (χ1v) is 6.06. The van der Waals surface area contributed by atoms with Gasteiger partial charge in [-0.1, -0.05) is 6.07 Å². The Bertz CT molecular complexity index is 640. The summed E-state index contributed by atoms with van der Waals surface area (Å²) < 4.78 is 54.2. The minimum absolute atomic E-state index is 0.00491. The van der Waals surface area contributed by atoms with E-state index < -0.39 is 29.3 Å². The van der Waals surface area contributed by atoms with Crippen LogP contribution in [-0.4, -0.2) is 0 Å². The van der Waals surface area contributed by atoms with Gasteiger partial charge in [0.25, 0.3) is 0 Å². The van der Waals surface area contributed by atoms with Crippen molar-refractivity contribution in [2.24, 2.45) is 0 Å². The van der Waals surface area contributed by atoms with Gasteiger partial charge in [0.15, 0.2) is 5.82 Å². The Hall–Kier alpha value is -2.04. The molecule has 0 saturated heterocycles. The topological polar surface area (TPSA) is 12.0 Å². The number of hydrogen-bond acceptors (Lipinski definition) is 1. The van der Waals surface area contributed by atoms with Gasteiger partial charge in [0, 0.05) is 5.56 Å². The Morgan fingerprint density at radius 1 is 0.950 bits per heavy atom. The van der Waals surface area contributed by atoms with Crippen LogP contribution < -0.4 is 5.32 Å². The van der Waals surface area contributed by atoms with Crippen LogP contribution in [0, 0.1) is 30.2 Å². The highest BCUT2D eigenvalue weighted by atomic mass is 19.1. The van der Waals surface area contributed by atoms with Crippen molar-refractivity contribution in [3.05, 3.63) is 64.7 Å². The second-order valence-electron chi connectivity index (χ2n) is 4.59. The van der Waals surface area contributed by atoms with E-state index in [1.807, 2.05) is 0 Å². The van der Waals surface area contributed by atoms with Crippen molar-refractivity contribution in [1.29, 1.82) is 0 Å². The first kappa shape index (κ1) is 14.4. The lowest BCUT2D eigenvalue weighted by Gasteiger charge is -2.18. The molecule has 1 N–H and O–H groups in total. The number of hydrogen-bond donors (Lipinski definition) is 1. The molecule has 0 fully saturated rings. The molecule has 2 rings (SSSR count). The van der Waals surface area contributed by atoms with Gasteiger partial charge < -0.3 is 5.32 Å². The predicted octanol–water partition coefficient (Wildman–Crippen LogP) is 4.72. The van der Waals surface area contributed by atoms with Gasteiger partial charge in [-0.15, -0.1) is 0 Å². The van der Waals surface area contributed by atoms with Crippen molar-refractivity contribution in [3.8, 4) is 0 Å². The number of benzene rings is 2. The van der Waals surface area contributed by atoms with Crippen LogP contribution in [0.3, 0.4) is 0 Å². The summed E-state index contributed by atoms with van der Waals surface area (Å²) >= 11 is 0. The maximum absolute atomic E-state index is 13.8. The normalized spacial score (nSPS) is 12.3. The molecule has 20 heavy (non-hydrogen) atoms. The zero-order valence-electron chi connectivity index (χ0n) is 11.0. The minimum Gasteiger partial charge on any atom is -0.374 e. The maximum Gasteiger partial charge on any atom is 0.152 e. The number of anilines is 1. The van der Waals surface area contributed by atoms with E-state index in [-0.39, 0.29) is 16.8 Å².